The number of Topliss-reactive ketones (excluding diaryl/α,β-unsaturated/α-hetero) is 1. The van der Waals surface area contributed by atoms with E-state index in [9.17, 15) is 9.59 Å². The standard InChI is InChI=1S/C28H25NO4/c1-28(2)27(31)29-22(19-12-6-3-7-13-19)18-32-26(29)23(24(30)20-14-8-4-9-15-20)25(33-28)21-16-10-5-11-17-21/h3-17,22,26H,18H2,1-2H3/t22-,26-/m0/s1. The number of ether oxygens (including phenoxy) is 2. The minimum atomic E-state index is -1.19. The van der Waals surface area contributed by atoms with Crippen molar-refractivity contribution in [3.8, 4) is 0 Å². The van der Waals surface area contributed by atoms with Crippen molar-refractivity contribution in [2.45, 2.75) is 31.7 Å². The first kappa shape index (κ1) is 21.2. The number of benzene rings is 3. The Bertz CT molecular complexity index is 1200. The predicted octanol–water partition coefficient (Wildman–Crippen LogP) is 5.02. The Hall–Kier alpha value is -3.70. The third-order valence-electron chi connectivity index (χ3n) is 6.10. The quantitative estimate of drug-likeness (QED) is 0.536. The fourth-order valence-corrected chi connectivity index (χ4v) is 4.45. The average molecular weight is 440 g/mol. The summed E-state index contributed by atoms with van der Waals surface area (Å²) in [5.41, 5.74) is 1.35. The summed E-state index contributed by atoms with van der Waals surface area (Å²) in [6, 6.07) is 27.9. The topological polar surface area (TPSA) is 55.8 Å². The Morgan fingerprint density at radius 1 is 0.879 bits per heavy atom. The Kier molecular flexibility index (Phi) is 5.35. The number of hydrogen-bond donors (Lipinski definition) is 0. The first-order chi connectivity index (χ1) is 16.0. The van der Waals surface area contributed by atoms with Crippen LogP contribution < -0.4 is 0 Å². The second-order valence-corrected chi connectivity index (χ2v) is 8.74. The number of carbonyl (C=O) groups excluding carboxylic acids is 2. The van der Waals surface area contributed by atoms with Gasteiger partial charge in [-0.3, -0.25) is 14.5 Å². The zero-order chi connectivity index (χ0) is 23.0. The van der Waals surface area contributed by atoms with Gasteiger partial charge in [-0.2, -0.15) is 0 Å². The van der Waals surface area contributed by atoms with Crippen molar-refractivity contribution < 1.29 is 19.1 Å². The van der Waals surface area contributed by atoms with Gasteiger partial charge in [0.05, 0.1) is 18.2 Å². The van der Waals surface area contributed by atoms with Crippen molar-refractivity contribution in [1.82, 2.24) is 4.90 Å². The van der Waals surface area contributed by atoms with E-state index in [1.807, 2.05) is 78.9 Å². The van der Waals surface area contributed by atoms with Crippen LogP contribution in [0.1, 0.15) is 41.4 Å². The molecule has 0 spiro atoms. The van der Waals surface area contributed by atoms with Crippen LogP contribution in [0.5, 0.6) is 0 Å². The van der Waals surface area contributed by atoms with Crippen LogP contribution in [-0.4, -0.2) is 35.0 Å². The van der Waals surface area contributed by atoms with E-state index in [1.165, 1.54) is 0 Å². The molecule has 5 heteroatoms. The summed E-state index contributed by atoms with van der Waals surface area (Å²) in [6.45, 7) is 3.78. The summed E-state index contributed by atoms with van der Waals surface area (Å²) in [4.78, 5) is 29.4. The molecule has 5 rings (SSSR count). The Labute approximate surface area is 193 Å². The molecule has 0 aliphatic carbocycles. The first-order valence-corrected chi connectivity index (χ1v) is 11.0. The first-order valence-electron chi connectivity index (χ1n) is 11.0. The maximum atomic E-state index is 13.9. The summed E-state index contributed by atoms with van der Waals surface area (Å²) >= 11 is 0. The van der Waals surface area contributed by atoms with Gasteiger partial charge in [0, 0.05) is 11.1 Å². The molecule has 2 atom stereocenters. The summed E-state index contributed by atoms with van der Waals surface area (Å²) in [6.07, 6.45) is -0.854. The number of carbonyl (C=O) groups is 2. The van der Waals surface area contributed by atoms with E-state index in [0.29, 0.717) is 23.5 Å². The molecule has 0 N–H and O–H groups in total. The predicted molar refractivity (Wildman–Crippen MR) is 125 cm³/mol. The van der Waals surface area contributed by atoms with Gasteiger partial charge in [0.2, 0.25) is 0 Å². The number of nitrogens with zero attached hydrogens (tertiary/aromatic N) is 1. The Morgan fingerprint density at radius 3 is 2.09 bits per heavy atom. The Balaban J connectivity index is 1.72. The van der Waals surface area contributed by atoms with E-state index in [0.717, 1.165) is 11.1 Å². The molecular weight excluding hydrogens is 414 g/mol. The molecule has 2 heterocycles. The van der Waals surface area contributed by atoms with Crippen LogP contribution in [0.15, 0.2) is 96.6 Å². The molecule has 1 amide bonds. The molecule has 0 unspecified atom stereocenters. The van der Waals surface area contributed by atoms with Crippen molar-refractivity contribution >= 4 is 17.4 Å². The van der Waals surface area contributed by atoms with Crippen LogP contribution in [0, 0.1) is 0 Å². The van der Waals surface area contributed by atoms with Gasteiger partial charge in [-0.15, -0.1) is 0 Å². The van der Waals surface area contributed by atoms with Gasteiger partial charge in [0.25, 0.3) is 5.91 Å². The molecule has 166 valence electrons. The summed E-state index contributed by atoms with van der Waals surface area (Å²) in [5, 5.41) is 0. The minimum Gasteiger partial charge on any atom is -0.477 e. The van der Waals surface area contributed by atoms with Crippen molar-refractivity contribution in [3.05, 3.63) is 113 Å². The lowest BCUT2D eigenvalue weighted by Crippen LogP contribution is -2.48. The van der Waals surface area contributed by atoms with Gasteiger partial charge in [0.15, 0.2) is 17.6 Å². The summed E-state index contributed by atoms with van der Waals surface area (Å²) < 4.78 is 12.6. The van der Waals surface area contributed by atoms with Gasteiger partial charge in [-0.25, -0.2) is 0 Å². The Morgan fingerprint density at radius 2 is 1.45 bits per heavy atom. The smallest absolute Gasteiger partial charge is 0.269 e. The van der Waals surface area contributed by atoms with Gasteiger partial charge in [0.1, 0.15) is 5.76 Å². The van der Waals surface area contributed by atoms with E-state index < -0.39 is 11.8 Å². The number of hydrogen-bond acceptors (Lipinski definition) is 4. The molecule has 1 fully saturated rings. The molecule has 5 nitrogen and oxygen atoms in total. The van der Waals surface area contributed by atoms with Crippen LogP contribution in [0.25, 0.3) is 5.76 Å². The lowest BCUT2D eigenvalue weighted by molar-refractivity contribution is -0.150. The van der Waals surface area contributed by atoms with Crippen LogP contribution in [-0.2, 0) is 14.3 Å². The van der Waals surface area contributed by atoms with Crippen LogP contribution in [0.4, 0.5) is 0 Å². The molecule has 3 aromatic rings. The van der Waals surface area contributed by atoms with E-state index in [4.69, 9.17) is 9.47 Å². The fourth-order valence-electron chi connectivity index (χ4n) is 4.45. The van der Waals surface area contributed by atoms with Gasteiger partial charge in [-0.05, 0) is 19.4 Å². The molecule has 0 radical (unpaired) electrons. The summed E-state index contributed by atoms with van der Waals surface area (Å²) in [5.74, 6) is -0.0594. The second-order valence-electron chi connectivity index (χ2n) is 8.74. The van der Waals surface area contributed by atoms with Gasteiger partial charge >= 0.3 is 0 Å². The molecule has 0 bridgehead atoms. The van der Waals surface area contributed by atoms with E-state index in [-0.39, 0.29) is 17.7 Å². The van der Waals surface area contributed by atoms with E-state index >= 15 is 0 Å². The van der Waals surface area contributed by atoms with Crippen LogP contribution in [0.3, 0.4) is 0 Å². The summed E-state index contributed by atoms with van der Waals surface area (Å²) in [7, 11) is 0. The van der Waals surface area contributed by atoms with E-state index in [1.54, 1.807) is 30.9 Å². The van der Waals surface area contributed by atoms with Gasteiger partial charge < -0.3 is 9.47 Å². The molecule has 0 saturated carbocycles. The maximum Gasteiger partial charge on any atom is 0.269 e. The number of fused-ring (bicyclic) bond motifs is 1. The van der Waals surface area contributed by atoms with Gasteiger partial charge in [-0.1, -0.05) is 91.0 Å². The molecule has 1 saturated heterocycles. The molecule has 3 aromatic carbocycles. The normalized spacial score (nSPS) is 21.9. The molecule has 33 heavy (non-hydrogen) atoms. The highest BCUT2D eigenvalue weighted by Gasteiger charge is 2.52. The van der Waals surface area contributed by atoms with Crippen molar-refractivity contribution in [2.75, 3.05) is 6.61 Å². The van der Waals surface area contributed by atoms with Crippen molar-refractivity contribution in [1.29, 1.82) is 0 Å². The zero-order valence-electron chi connectivity index (χ0n) is 18.6. The third kappa shape index (κ3) is 3.74. The number of ketones is 1. The molecular formula is C28H25NO4. The highest BCUT2D eigenvalue weighted by molar-refractivity contribution is 6.14. The minimum absolute atomic E-state index is 0.219. The monoisotopic (exact) mass is 439 g/mol. The van der Waals surface area contributed by atoms with Crippen molar-refractivity contribution in [3.63, 3.8) is 0 Å². The van der Waals surface area contributed by atoms with E-state index in [2.05, 4.69) is 0 Å². The van der Waals surface area contributed by atoms with Crippen molar-refractivity contribution in [2.24, 2.45) is 0 Å². The highest BCUT2D eigenvalue weighted by Crippen LogP contribution is 2.43. The number of rotatable bonds is 4. The average Bonchev–Trinajstić information content (AvgIpc) is 3.25. The number of amides is 1. The molecule has 0 aromatic heterocycles. The highest BCUT2D eigenvalue weighted by atomic mass is 16.5. The molecule has 2 aliphatic rings. The third-order valence-corrected chi connectivity index (χ3v) is 6.10. The molecule has 2 aliphatic heterocycles. The lowest BCUT2D eigenvalue weighted by Gasteiger charge is -2.32. The second kappa shape index (κ2) is 8.34. The lowest BCUT2D eigenvalue weighted by atomic mass is 9.97. The van der Waals surface area contributed by atoms with Crippen LogP contribution in [0.2, 0.25) is 0 Å². The SMILES string of the molecule is CC1(C)OC(c2ccccc2)=C(C(=O)c2ccccc2)[C@@H]2OC[C@@H](c3ccccc3)N2C1=O. The fraction of sp³-hybridized carbons (Fsp3) is 0.214. The maximum absolute atomic E-state index is 13.9. The zero-order valence-corrected chi connectivity index (χ0v) is 18.6. The van der Waals surface area contributed by atoms with Crippen LogP contribution >= 0.6 is 0 Å². The largest absolute Gasteiger partial charge is 0.477 e.